The summed E-state index contributed by atoms with van der Waals surface area (Å²) in [4.78, 5) is 18.2. The average molecular weight is 467 g/mol. The van der Waals surface area contributed by atoms with Gasteiger partial charge in [-0.3, -0.25) is 4.79 Å². The molecule has 184 valence electrons. The minimum atomic E-state index is -0.721. The van der Waals surface area contributed by atoms with Crippen molar-refractivity contribution in [3.05, 3.63) is 53.6 Å². The van der Waals surface area contributed by atoms with Gasteiger partial charge in [0.15, 0.2) is 0 Å². The summed E-state index contributed by atoms with van der Waals surface area (Å²) in [5, 5.41) is 11.6. The fraction of sp³-hybridized carbons (Fsp3) is 0.536. The van der Waals surface area contributed by atoms with Gasteiger partial charge >= 0.3 is 0 Å². The maximum Gasteiger partial charge on any atom is 0.258 e. The van der Waals surface area contributed by atoms with E-state index < -0.39 is 5.60 Å². The summed E-state index contributed by atoms with van der Waals surface area (Å²) >= 11 is 0. The number of anilines is 1. The fourth-order valence-corrected chi connectivity index (χ4v) is 5.92. The lowest BCUT2D eigenvalue weighted by Crippen LogP contribution is -2.56. The third-order valence-electron chi connectivity index (χ3n) is 7.83. The van der Waals surface area contributed by atoms with Crippen LogP contribution in [0.1, 0.15) is 67.9 Å². The number of hydrogen-bond acceptors (Lipinski definition) is 5. The standard InChI is InChI=1S/C28H38N2O4/c1-5-29(6-2)21-12-10-20(11-13-21)26-24-9-7-8-16-28(24,32)17-18-30(26)27(31)23-15-14-22(33-3)19-25(23)34-4/h10-15,19,24,26,32H,5-9,16-18H2,1-4H3/t24?,26-,28?/m0/s1. The topological polar surface area (TPSA) is 62.2 Å². The van der Waals surface area contributed by atoms with E-state index in [0.717, 1.165) is 44.3 Å². The molecule has 1 heterocycles. The number of likely N-dealkylation sites (tertiary alicyclic amines) is 1. The van der Waals surface area contributed by atoms with Crippen LogP contribution in [0.4, 0.5) is 5.69 Å². The lowest BCUT2D eigenvalue weighted by atomic mass is 9.66. The lowest BCUT2D eigenvalue weighted by molar-refractivity contribution is -0.115. The van der Waals surface area contributed by atoms with Crippen molar-refractivity contribution >= 4 is 11.6 Å². The number of carbonyl (C=O) groups excluding carboxylic acids is 1. The molecule has 1 N–H and O–H groups in total. The van der Waals surface area contributed by atoms with Crippen molar-refractivity contribution < 1.29 is 19.4 Å². The molecule has 6 nitrogen and oxygen atoms in total. The van der Waals surface area contributed by atoms with Crippen molar-refractivity contribution in [1.82, 2.24) is 4.90 Å². The molecular weight excluding hydrogens is 428 g/mol. The maximum absolute atomic E-state index is 13.9. The van der Waals surface area contributed by atoms with E-state index in [-0.39, 0.29) is 17.9 Å². The Balaban J connectivity index is 1.73. The Bertz CT molecular complexity index is 988. The predicted molar refractivity (Wildman–Crippen MR) is 135 cm³/mol. The number of fused-ring (bicyclic) bond motifs is 1. The Morgan fingerprint density at radius 2 is 1.79 bits per heavy atom. The van der Waals surface area contributed by atoms with Crippen LogP contribution in [0.25, 0.3) is 0 Å². The third-order valence-corrected chi connectivity index (χ3v) is 7.83. The summed E-state index contributed by atoms with van der Waals surface area (Å²) in [5.74, 6) is 1.11. The van der Waals surface area contributed by atoms with Crippen molar-refractivity contribution in [3.8, 4) is 11.5 Å². The van der Waals surface area contributed by atoms with Crippen LogP contribution >= 0.6 is 0 Å². The van der Waals surface area contributed by atoms with Gasteiger partial charge in [-0.1, -0.05) is 25.0 Å². The smallest absolute Gasteiger partial charge is 0.258 e. The van der Waals surface area contributed by atoms with E-state index in [0.29, 0.717) is 30.0 Å². The molecular formula is C28H38N2O4. The van der Waals surface area contributed by atoms with Crippen LogP contribution in [0.15, 0.2) is 42.5 Å². The summed E-state index contributed by atoms with van der Waals surface area (Å²) in [7, 11) is 3.17. The number of ether oxygens (including phenoxy) is 2. The number of hydrogen-bond donors (Lipinski definition) is 1. The van der Waals surface area contributed by atoms with Crippen LogP contribution < -0.4 is 14.4 Å². The van der Waals surface area contributed by atoms with Gasteiger partial charge in [0.05, 0.1) is 31.4 Å². The van der Waals surface area contributed by atoms with Gasteiger partial charge in [-0.2, -0.15) is 0 Å². The third kappa shape index (κ3) is 4.48. The Kier molecular flexibility index (Phi) is 7.36. The number of aliphatic hydroxyl groups is 1. The van der Waals surface area contributed by atoms with Crippen LogP contribution in [0.2, 0.25) is 0 Å². The molecule has 4 rings (SSSR count). The molecule has 2 unspecified atom stereocenters. The molecule has 2 fully saturated rings. The number of methoxy groups -OCH3 is 2. The molecule has 34 heavy (non-hydrogen) atoms. The molecule has 0 radical (unpaired) electrons. The van der Waals surface area contributed by atoms with Crippen molar-refractivity contribution in [2.45, 2.75) is 57.6 Å². The number of amides is 1. The molecule has 1 saturated heterocycles. The van der Waals surface area contributed by atoms with Crippen LogP contribution in [-0.4, -0.2) is 55.4 Å². The quantitative estimate of drug-likeness (QED) is 0.618. The first-order valence-corrected chi connectivity index (χ1v) is 12.6. The molecule has 0 aromatic heterocycles. The summed E-state index contributed by atoms with van der Waals surface area (Å²) < 4.78 is 10.9. The Labute approximate surface area is 203 Å². The van der Waals surface area contributed by atoms with E-state index >= 15 is 0 Å². The molecule has 1 saturated carbocycles. The lowest BCUT2D eigenvalue weighted by Gasteiger charge is -2.52. The average Bonchev–Trinajstić information content (AvgIpc) is 2.88. The Morgan fingerprint density at radius 3 is 2.44 bits per heavy atom. The fourth-order valence-electron chi connectivity index (χ4n) is 5.92. The van der Waals surface area contributed by atoms with E-state index in [2.05, 4.69) is 43.0 Å². The van der Waals surface area contributed by atoms with Crippen LogP contribution in [0.5, 0.6) is 11.5 Å². The van der Waals surface area contributed by atoms with Gasteiger partial charge in [0.1, 0.15) is 11.5 Å². The van der Waals surface area contributed by atoms with Gasteiger partial charge in [0.2, 0.25) is 0 Å². The van der Waals surface area contributed by atoms with E-state index in [4.69, 9.17) is 9.47 Å². The first kappa shape index (κ1) is 24.4. The zero-order chi connectivity index (χ0) is 24.3. The van der Waals surface area contributed by atoms with Gasteiger partial charge in [-0.15, -0.1) is 0 Å². The van der Waals surface area contributed by atoms with E-state index in [1.807, 2.05) is 4.90 Å². The normalized spacial score (nSPS) is 24.3. The molecule has 1 amide bonds. The van der Waals surface area contributed by atoms with Gasteiger partial charge < -0.3 is 24.4 Å². The molecule has 1 aliphatic heterocycles. The second-order valence-corrected chi connectivity index (χ2v) is 9.48. The largest absolute Gasteiger partial charge is 0.497 e. The number of piperidine rings is 1. The highest BCUT2D eigenvalue weighted by Crippen LogP contribution is 2.50. The van der Waals surface area contributed by atoms with Gasteiger partial charge in [-0.05, 0) is 62.9 Å². The molecule has 2 aromatic carbocycles. The van der Waals surface area contributed by atoms with Crippen LogP contribution in [-0.2, 0) is 0 Å². The highest BCUT2D eigenvalue weighted by Gasteiger charge is 2.50. The van der Waals surface area contributed by atoms with Crippen molar-refractivity contribution in [2.75, 3.05) is 38.8 Å². The second-order valence-electron chi connectivity index (χ2n) is 9.48. The van der Waals surface area contributed by atoms with Crippen molar-refractivity contribution in [2.24, 2.45) is 5.92 Å². The van der Waals surface area contributed by atoms with Gasteiger partial charge in [-0.25, -0.2) is 0 Å². The van der Waals surface area contributed by atoms with Crippen molar-refractivity contribution in [3.63, 3.8) is 0 Å². The minimum Gasteiger partial charge on any atom is -0.497 e. The maximum atomic E-state index is 13.9. The van der Waals surface area contributed by atoms with Gasteiger partial charge in [0.25, 0.3) is 5.91 Å². The molecule has 6 heteroatoms. The molecule has 0 spiro atoms. The van der Waals surface area contributed by atoms with Crippen molar-refractivity contribution in [1.29, 1.82) is 0 Å². The summed E-state index contributed by atoms with van der Waals surface area (Å²) in [6.45, 7) is 6.73. The van der Waals surface area contributed by atoms with E-state index in [1.54, 1.807) is 32.4 Å². The summed E-state index contributed by atoms with van der Waals surface area (Å²) in [6.07, 6.45) is 4.45. The minimum absolute atomic E-state index is 0.0162. The monoisotopic (exact) mass is 466 g/mol. The molecule has 1 aliphatic carbocycles. The zero-order valence-corrected chi connectivity index (χ0v) is 20.9. The molecule has 3 atom stereocenters. The predicted octanol–water partition coefficient (Wildman–Crippen LogP) is 5.06. The highest BCUT2D eigenvalue weighted by molar-refractivity contribution is 5.97. The molecule has 2 aliphatic rings. The second kappa shape index (κ2) is 10.3. The molecule has 2 aromatic rings. The number of nitrogens with zero attached hydrogens (tertiary/aromatic N) is 2. The first-order chi connectivity index (χ1) is 16.5. The first-order valence-electron chi connectivity index (χ1n) is 12.6. The van der Waals surface area contributed by atoms with E-state index in [1.165, 1.54) is 5.69 Å². The van der Waals surface area contributed by atoms with Crippen LogP contribution in [0.3, 0.4) is 0 Å². The van der Waals surface area contributed by atoms with E-state index in [9.17, 15) is 9.90 Å². The molecule has 0 bridgehead atoms. The van der Waals surface area contributed by atoms with Gasteiger partial charge in [0, 0.05) is 37.3 Å². The van der Waals surface area contributed by atoms with Crippen LogP contribution in [0, 0.1) is 5.92 Å². The highest BCUT2D eigenvalue weighted by atomic mass is 16.5. The SMILES string of the molecule is CCN(CC)c1ccc([C@H]2C3CCCCC3(O)CCN2C(=O)c2ccc(OC)cc2OC)cc1. The number of rotatable bonds is 7. The number of carbonyl (C=O) groups is 1. The summed E-state index contributed by atoms with van der Waals surface area (Å²) in [6, 6.07) is 13.7. The number of benzene rings is 2. The summed E-state index contributed by atoms with van der Waals surface area (Å²) in [5.41, 5.74) is 2.07. The zero-order valence-electron chi connectivity index (χ0n) is 20.9. The Morgan fingerprint density at radius 1 is 1.06 bits per heavy atom. The Hall–Kier alpha value is -2.73.